The van der Waals surface area contributed by atoms with Gasteiger partial charge in [0, 0.05) is 5.92 Å². The van der Waals surface area contributed by atoms with Crippen molar-refractivity contribution in [2.75, 3.05) is 6.61 Å². The third-order valence-electron chi connectivity index (χ3n) is 2.67. The number of hydrogen-bond donors (Lipinski definition) is 0. The van der Waals surface area contributed by atoms with Gasteiger partial charge in [-0.3, -0.25) is 4.79 Å². The summed E-state index contributed by atoms with van der Waals surface area (Å²) in [5.74, 6) is -1.41. The van der Waals surface area contributed by atoms with Crippen LogP contribution in [0.2, 0.25) is 0 Å². The fourth-order valence-electron chi connectivity index (χ4n) is 1.69. The zero-order chi connectivity index (χ0) is 12.7. The molecule has 0 aliphatic rings. The Morgan fingerprint density at radius 1 is 1.18 bits per heavy atom. The first-order valence-electron chi connectivity index (χ1n) is 5.93. The van der Waals surface area contributed by atoms with Crippen molar-refractivity contribution in [2.45, 2.75) is 26.7 Å². The zero-order valence-corrected chi connectivity index (χ0v) is 10.3. The lowest BCUT2D eigenvalue weighted by molar-refractivity contribution is -0.155. The minimum atomic E-state index is -0.713. The topological polar surface area (TPSA) is 43.4 Å². The van der Waals surface area contributed by atoms with Gasteiger partial charge in [0.1, 0.15) is 0 Å². The molecule has 0 N–H and O–H groups in total. The van der Waals surface area contributed by atoms with Crippen LogP contribution in [0.1, 0.15) is 25.8 Å². The monoisotopic (exact) mass is 234 g/mol. The highest BCUT2D eigenvalue weighted by Gasteiger charge is 2.24. The molecule has 0 heterocycles. The molecular formula is C14H18O3. The summed E-state index contributed by atoms with van der Waals surface area (Å²) in [6, 6.07) is 9.70. The Labute approximate surface area is 102 Å². The van der Waals surface area contributed by atoms with E-state index in [0.717, 1.165) is 5.56 Å². The Morgan fingerprint density at radius 3 is 2.35 bits per heavy atom. The fourth-order valence-corrected chi connectivity index (χ4v) is 1.69. The van der Waals surface area contributed by atoms with Gasteiger partial charge in [0.05, 0.1) is 6.61 Å². The minimum absolute atomic E-state index is 0.242. The number of ether oxygens (including phenoxy) is 1. The van der Waals surface area contributed by atoms with E-state index in [1.165, 1.54) is 0 Å². The van der Waals surface area contributed by atoms with Crippen LogP contribution in [0.4, 0.5) is 0 Å². The summed E-state index contributed by atoms with van der Waals surface area (Å²) >= 11 is 0. The van der Waals surface area contributed by atoms with E-state index in [9.17, 15) is 9.59 Å². The number of carbonyl (C=O) groups excluding carboxylic acids is 2. The van der Waals surface area contributed by atoms with Gasteiger partial charge in [-0.05, 0) is 25.3 Å². The number of rotatable bonds is 6. The van der Waals surface area contributed by atoms with Crippen LogP contribution in [0, 0.1) is 5.92 Å². The first kappa shape index (κ1) is 13.4. The smallest absolute Gasteiger partial charge is 0.374 e. The lowest BCUT2D eigenvalue weighted by Crippen LogP contribution is -2.27. The third kappa shape index (κ3) is 4.02. The van der Waals surface area contributed by atoms with Crippen molar-refractivity contribution in [1.29, 1.82) is 0 Å². The molecule has 1 rings (SSSR count). The van der Waals surface area contributed by atoms with Crippen LogP contribution >= 0.6 is 0 Å². The number of esters is 1. The summed E-state index contributed by atoms with van der Waals surface area (Å²) in [7, 11) is 0. The molecule has 1 aromatic rings. The average Bonchev–Trinajstić information content (AvgIpc) is 2.36. The maximum atomic E-state index is 11.8. The third-order valence-corrected chi connectivity index (χ3v) is 2.67. The van der Waals surface area contributed by atoms with Gasteiger partial charge >= 0.3 is 5.97 Å². The van der Waals surface area contributed by atoms with E-state index in [1.807, 2.05) is 37.3 Å². The summed E-state index contributed by atoms with van der Waals surface area (Å²) in [5.41, 5.74) is 1.07. The van der Waals surface area contributed by atoms with Crippen molar-refractivity contribution in [3.05, 3.63) is 35.9 Å². The van der Waals surface area contributed by atoms with E-state index < -0.39 is 11.8 Å². The molecule has 1 aromatic carbocycles. The fraction of sp³-hybridized carbons (Fsp3) is 0.429. The van der Waals surface area contributed by atoms with Crippen LogP contribution in [0.3, 0.4) is 0 Å². The highest BCUT2D eigenvalue weighted by Crippen LogP contribution is 2.13. The molecule has 1 unspecified atom stereocenters. The lowest BCUT2D eigenvalue weighted by atomic mass is 9.93. The Kier molecular flexibility index (Phi) is 5.40. The van der Waals surface area contributed by atoms with Gasteiger partial charge in [-0.25, -0.2) is 4.79 Å². The van der Waals surface area contributed by atoms with E-state index in [2.05, 4.69) is 0 Å². The predicted molar refractivity (Wildman–Crippen MR) is 65.6 cm³/mol. The van der Waals surface area contributed by atoms with Gasteiger partial charge < -0.3 is 4.74 Å². The quantitative estimate of drug-likeness (QED) is 0.560. The van der Waals surface area contributed by atoms with Crippen LogP contribution in [0.15, 0.2) is 30.3 Å². The predicted octanol–water partition coefficient (Wildman–Crippen LogP) is 2.39. The number of benzene rings is 1. The minimum Gasteiger partial charge on any atom is -0.460 e. The molecule has 1 atom stereocenters. The van der Waals surface area contributed by atoms with Gasteiger partial charge in [0.2, 0.25) is 5.78 Å². The summed E-state index contributed by atoms with van der Waals surface area (Å²) in [5, 5.41) is 0. The Morgan fingerprint density at radius 2 is 1.82 bits per heavy atom. The van der Waals surface area contributed by atoms with E-state index in [4.69, 9.17) is 4.74 Å². The van der Waals surface area contributed by atoms with E-state index in [-0.39, 0.29) is 12.5 Å². The maximum Gasteiger partial charge on any atom is 0.374 e. The molecule has 0 saturated heterocycles. The van der Waals surface area contributed by atoms with Crippen molar-refractivity contribution < 1.29 is 14.3 Å². The molecule has 0 spiro atoms. The highest BCUT2D eigenvalue weighted by molar-refractivity contribution is 6.34. The lowest BCUT2D eigenvalue weighted by Gasteiger charge is -2.12. The molecule has 0 radical (unpaired) electrons. The summed E-state index contributed by atoms with van der Waals surface area (Å²) < 4.78 is 4.74. The average molecular weight is 234 g/mol. The van der Waals surface area contributed by atoms with Gasteiger partial charge in [-0.1, -0.05) is 37.3 Å². The molecule has 0 aliphatic carbocycles. The van der Waals surface area contributed by atoms with E-state index in [1.54, 1.807) is 6.92 Å². The molecule has 0 saturated carbocycles. The largest absolute Gasteiger partial charge is 0.460 e. The molecule has 0 bridgehead atoms. The van der Waals surface area contributed by atoms with Crippen LogP contribution < -0.4 is 0 Å². The second-order valence-corrected chi connectivity index (χ2v) is 3.88. The summed E-state index contributed by atoms with van der Waals surface area (Å²) in [6.07, 6.45) is 1.24. The first-order valence-corrected chi connectivity index (χ1v) is 5.93. The van der Waals surface area contributed by atoms with Crippen molar-refractivity contribution in [3.63, 3.8) is 0 Å². The van der Waals surface area contributed by atoms with Crippen LogP contribution in [0.25, 0.3) is 0 Å². The summed E-state index contributed by atoms with van der Waals surface area (Å²) in [6.45, 7) is 3.85. The molecule has 3 heteroatoms. The van der Waals surface area contributed by atoms with Crippen LogP contribution in [0.5, 0.6) is 0 Å². The van der Waals surface area contributed by atoms with E-state index >= 15 is 0 Å². The van der Waals surface area contributed by atoms with Gasteiger partial charge in [0.15, 0.2) is 0 Å². The molecule has 92 valence electrons. The van der Waals surface area contributed by atoms with Crippen LogP contribution in [-0.2, 0) is 20.7 Å². The highest BCUT2D eigenvalue weighted by atomic mass is 16.5. The Balaban J connectivity index is 2.66. The molecule has 17 heavy (non-hydrogen) atoms. The molecule has 0 aromatic heterocycles. The number of hydrogen-bond acceptors (Lipinski definition) is 3. The van der Waals surface area contributed by atoms with Gasteiger partial charge in [-0.2, -0.15) is 0 Å². The second kappa shape index (κ2) is 6.84. The number of ketones is 1. The molecular weight excluding hydrogens is 216 g/mol. The Bertz CT molecular complexity index is 370. The maximum absolute atomic E-state index is 11.8. The van der Waals surface area contributed by atoms with Crippen molar-refractivity contribution in [3.8, 4) is 0 Å². The molecule has 0 fully saturated rings. The second-order valence-electron chi connectivity index (χ2n) is 3.88. The zero-order valence-electron chi connectivity index (χ0n) is 10.3. The first-order chi connectivity index (χ1) is 8.19. The van der Waals surface area contributed by atoms with Gasteiger partial charge in [0.25, 0.3) is 0 Å². The van der Waals surface area contributed by atoms with Crippen molar-refractivity contribution in [1.82, 2.24) is 0 Å². The number of carbonyl (C=O) groups is 2. The molecule has 0 aliphatic heterocycles. The molecule has 0 amide bonds. The van der Waals surface area contributed by atoms with Gasteiger partial charge in [-0.15, -0.1) is 0 Å². The normalized spacial score (nSPS) is 11.9. The molecule has 3 nitrogen and oxygen atoms in total. The number of Topliss-reactive ketones (excluding diaryl/α,β-unsaturated/α-hetero) is 1. The van der Waals surface area contributed by atoms with Crippen molar-refractivity contribution >= 4 is 11.8 Å². The SMILES string of the molecule is CCOC(=O)C(=O)C(CC)Cc1ccccc1. The summed E-state index contributed by atoms with van der Waals surface area (Å²) in [4.78, 5) is 23.2. The van der Waals surface area contributed by atoms with Crippen molar-refractivity contribution in [2.24, 2.45) is 5.92 Å². The Hall–Kier alpha value is -1.64. The van der Waals surface area contributed by atoms with E-state index in [0.29, 0.717) is 12.8 Å². The standard InChI is InChI=1S/C14H18O3/c1-3-12(13(15)14(16)17-4-2)10-11-8-6-5-7-9-11/h5-9,12H,3-4,10H2,1-2H3. The van der Waals surface area contributed by atoms with Crippen LogP contribution in [-0.4, -0.2) is 18.4 Å².